The molecule has 0 saturated carbocycles. The van der Waals surface area contributed by atoms with E-state index < -0.39 is 4.92 Å². The molecule has 82 valence electrons. The summed E-state index contributed by atoms with van der Waals surface area (Å²) in [6.07, 6.45) is 0. The van der Waals surface area contributed by atoms with Crippen molar-refractivity contribution < 1.29 is 9.66 Å². The Morgan fingerprint density at radius 2 is 2.12 bits per heavy atom. The molecule has 0 unspecified atom stereocenters. The van der Waals surface area contributed by atoms with Gasteiger partial charge < -0.3 is 4.74 Å². The lowest BCUT2D eigenvalue weighted by atomic mass is 10.2. The van der Waals surface area contributed by atoms with E-state index in [4.69, 9.17) is 16.3 Å². The van der Waals surface area contributed by atoms with Gasteiger partial charge >= 0.3 is 0 Å². The summed E-state index contributed by atoms with van der Waals surface area (Å²) < 4.78 is 4.89. The van der Waals surface area contributed by atoms with Gasteiger partial charge in [0.25, 0.3) is 11.6 Å². The van der Waals surface area contributed by atoms with E-state index in [0.717, 1.165) is 0 Å². The minimum absolute atomic E-state index is 0.0527. The number of ether oxygens (including phenoxy) is 1. The van der Waals surface area contributed by atoms with Crippen LogP contribution in [0.2, 0.25) is 5.15 Å². The number of benzene rings is 1. The number of hydrogen-bond donors (Lipinski definition) is 0. The molecule has 0 aliphatic heterocycles. The number of nitro benzene ring substituents is 1. The van der Waals surface area contributed by atoms with Crippen LogP contribution in [0.1, 0.15) is 0 Å². The zero-order valence-corrected chi connectivity index (χ0v) is 8.93. The van der Waals surface area contributed by atoms with Crippen LogP contribution >= 0.6 is 11.6 Å². The maximum atomic E-state index is 10.6. The first-order valence-electron chi connectivity index (χ1n) is 4.27. The average molecular weight is 240 g/mol. The van der Waals surface area contributed by atoms with Crippen molar-refractivity contribution in [3.8, 4) is 5.88 Å². The fourth-order valence-corrected chi connectivity index (χ4v) is 1.46. The Bertz CT molecular complexity index is 573. The quantitative estimate of drug-likeness (QED) is 0.593. The van der Waals surface area contributed by atoms with Gasteiger partial charge in [0.05, 0.1) is 23.1 Å². The minimum atomic E-state index is -0.501. The van der Waals surface area contributed by atoms with E-state index in [1.807, 2.05) is 0 Å². The summed E-state index contributed by atoms with van der Waals surface area (Å²) in [4.78, 5) is 18.1. The highest BCUT2D eigenvalue weighted by atomic mass is 35.5. The number of hydrogen-bond acceptors (Lipinski definition) is 5. The summed E-state index contributed by atoms with van der Waals surface area (Å²) in [5.74, 6) is 0.197. The number of aromatic nitrogens is 2. The lowest BCUT2D eigenvalue weighted by Gasteiger charge is -2.02. The number of nitro groups is 1. The number of halogens is 1. The summed E-state index contributed by atoms with van der Waals surface area (Å²) in [6, 6.07) is 4.16. The Morgan fingerprint density at radius 3 is 2.75 bits per heavy atom. The van der Waals surface area contributed by atoms with Gasteiger partial charge in [0.15, 0.2) is 5.15 Å². The Balaban J connectivity index is 2.66. The molecule has 0 saturated heterocycles. The monoisotopic (exact) mass is 239 g/mol. The highest BCUT2D eigenvalue weighted by Crippen LogP contribution is 2.25. The lowest BCUT2D eigenvalue weighted by molar-refractivity contribution is -0.384. The van der Waals surface area contributed by atoms with Gasteiger partial charge in [-0.25, -0.2) is 9.97 Å². The van der Waals surface area contributed by atoms with Gasteiger partial charge in [-0.3, -0.25) is 10.1 Å². The molecule has 0 spiro atoms. The number of non-ortho nitro benzene ring substituents is 1. The van der Waals surface area contributed by atoms with E-state index in [2.05, 4.69) is 9.97 Å². The van der Waals surface area contributed by atoms with Crippen LogP contribution in [-0.2, 0) is 0 Å². The zero-order valence-electron chi connectivity index (χ0n) is 8.18. The van der Waals surface area contributed by atoms with Crippen molar-refractivity contribution in [2.24, 2.45) is 0 Å². The Labute approximate surface area is 95.0 Å². The maximum Gasteiger partial charge on any atom is 0.271 e. The molecular formula is C9H6ClN3O3. The first kappa shape index (κ1) is 10.6. The Morgan fingerprint density at radius 1 is 1.38 bits per heavy atom. The van der Waals surface area contributed by atoms with E-state index in [1.54, 1.807) is 0 Å². The molecule has 0 aliphatic rings. The molecule has 0 atom stereocenters. The van der Waals surface area contributed by atoms with Crippen LogP contribution in [-0.4, -0.2) is 22.0 Å². The molecule has 0 bridgehead atoms. The zero-order chi connectivity index (χ0) is 11.7. The van der Waals surface area contributed by atoms with Gasteiger partial charge in [-0.15, -0.1) is 0 Å². The van der Waals surface area contributed by atoms with Crippen molar-refractivity contribution in [3.63, 3.8) is 0 Å². The van der Waals surface area contributed by atoms with Crippen molar-refractivity contribution >= 4 is 28.3 Å². The third-order valence-electron chi connectivity index (χ3n) is 1.98. The Kier molecular flexibility index (Phi) is 2.57. The van der Waals surface area contributed by atoms with E-state index in [-0.39, 0.29) is 16.7 Å². The highest BCUT2D eigenvalue weighted by Gasteiger charge is 2.11. The summed E-state index contributed by atoms with van der Waals surface area (Å²) in [5, 5.41) is 10.6. The molecule has 7 heteroatoms. The minimum Gasteiger partial charge on any atom is -0.479 e. The van der Waals surface area contributed by atoms with Gasteiger partial charge in [0.2, 0.25) is 0 Å². The molecule has 1 heterocycles. The van der Waals surface area contributed by atoms with Gasteiger partial charge in [-0.05, 0) is 6.07 Å². The average Bonchev–Trinajstić information content (AvgIpc) is 2.27. The topological polar surface area (TPSA) is 78.2 Å². The molecule has 0 aliphatic carbocycles. The predicted octanol–water partition coefficient (Wildman–Crippen LogP) is 2.20. The fourth-order valence-electron chi connectivity index (χ4n) is 1.25. The van der Waals surface area contributed by atoms with E-state index in [0.29, 0.717) is 11.0 Å². The predicted molar refractivity (Wildman–Crippen MR) is 57.8 cm³/mol. The van der Waals surface area contributed by atoms with Crippen LogP contribution in [0.4, 0.5) is 5.69 Å². The van der Waals surface area contributed by atoms with Gasteiger partial charge in [-0.2, -0.15) is 0 Å². The van der Waals surface area contributed by atoms with Crippen molar-refractivity contribution in [1.82, 2.24) is 9.97 Å². The van der Waals surface area contributed by atoms with Crippen molar-refractivity contribution in [2.45, 2.75) is 0 Å². The highest BCUT2D eigenvalue weighted by molar-refractivity contribution is 6.31. The Hall–Kier alpha value is -1.95. The number of methoxy groups -OCH3 is 1. The van der Waals surface area contributed by atoms with E-state index in [9.17, 15) is 10.1 Å². The first-order chi connectivity index (χ1) is 7.61. The standard InChI is InChI=1S/C9H6ClN3O3/c1-16-9-8(10)11-7-4-5(13(14)15)2-3-6(7)12-9/h2-4H,1H3. The molecule has 16 heavy (non-hydrogen) atoms. The van der Waals surface area contributed by atoms with Crippen LogP contribution in [0.5, 0.6) is 5.88 Å². The summed E-state index contributed by atoms with van der Waals surface area (Å²) in [7, 11) is 1.42. The third-order valence-corrected chi connectivity index (χ3v) is 2.23. The molecule has 6 nitrogen and oxygen atoms in total. The van der Waals surface area contributed by atoms with Crippen LogP contribution in [0.15, 0.2) is 18.2 Å². The molecule has 0 radical (unpaired) electrons. The van der Waals surface area contributed by atoms with Crippen molar-refractivity contribution in [2.75, 3.05) is 7.11 Å². The number of rotatable bonds is 2. The molecular weight excluding hydrogens is 234 g/mol. The van der Waals surface area contributed by atoms with Crippen LogP contribution < -0.4 is 4.74 Å². The smallest absolute Gasteiger partial charge is 0.271 e. The van der Waals surface area contributed by atoms with E-state index in [1.165, 1.54) is 25.3 Å². The molecule has 2 rings (SSSR count). The van der Waals surface area contributed by atoms with Crippen LogP contribution in [0.3, 0.4) is 0 Å². The van der Waals surface area contributed by atoms with Crippen molar-refractivity contribution in [1.29, 1.82) is 0 Å². The van der Waals surface area contributed by atoms with E-state index >= 15 is 0 Å². The third kappa shape index (κ3) is 1.74. The van der Waals surface area contributed by atoms with Gasteiger partial charge in [0, 0.05) is 12.1 Å². The molecule has 1 aromatic carbocycles. The lowest BCUT2D eigenvalue weighted by Crippen LogP contribution is -1.94. The molecule has 1 aromatic heterocycles. The summed E-state index contributed by atoms with van der Waals surface area (Å²) >= 11 is 5.77. The molecule has 0 N–H and O–H groups in total. The largest absolute Gasteiger partial charge is 0.479 e. The molecule has 0 amide bonds. The summed E-state index contributed by atoms with van der Waals surface area (Å²) in [5.41, 5.74) is 0.801. The first-order valence-corrected chi connectivity index (χ1v) is 4.65. The maximum absolute atomic E-state index is 10.6. The second kappa shape index (κ2) is 3.90. The SMILES string of the molecule is COc1nc2ccc([N+](=O)[O-])cc2nc1Cl. The number of fused-ring (bicyclic) bond motifs is 1. The van der Waals surface area contributed by atoms with Crippen LogP contribution in [0, 0.1) is 10.1 Å². The molecule has 0 fully saturated rings. The van der Waals surface area contributed by atoms with Gasteiger partial charge in [0.1, 0.15) is 0 Å². The summed E-state index contributed by atoms with van der Waals surface area (Å²) in [6.45, 7) is 0. The second-order valence-electron chi connectivity index (χ2n) is 2.95. The second-order valence-corrected chi connectivity index (χ2v) is 3.31. The van der Waals surface area contributed by atoms with Crippen LogP contribution in [0.25, 0.3) is 11.0 Å². The fraction of sp³-hybridized carbons (Fsp3) is 0.111. The normalized spacial score (nSPS) is 10.4. The number of nitrogens with zero attached hydrogens (tertiary/aromatic N) is 3. The van der Waals surface area contributed by atoms with Gasteiger partial charge in [-0.1, -0.05) is 11.6 Å². The van der Waals surface area contributed by atoms with Crippen molar-refractivity contribution in [3.05, 3.63) is 33.5 Å². The molecule has 2 aromatic rings.